The molecule has 1 aromatic carbocycles. The molecule has 0 atom stereocenters. The molecule has 0 radical (unpaired) electrons. The van der Waals surface area contributed by atoms with E-state index in [0.29, 0.717) is 16.9 Å². The number of halogens is 3. The minimum Gasteiger partial charge on any atom is -0.406 e. The number of ether oxygens (including phenoxy) is 1. The quantitative estimate of drug-likeness (QED) is 0.736. The molecule has 5 nitrogen and oxygen atoms in total. The second-order valence-electron chi connectivity index (χ2n) is 4.71. The van der Waals surface area contributed by atoms with Crippen LogP contribution >= 0.6 is 0 Å². The van der Waals surface area contributed by atoms with Gasteiger partial charge in [-0.15, -0.1) is 13.2 Å². The highest BCUT2D eigenvalue weighted by atomic mass is 19.4. The van der Waals surface area contributed by atoms with Gasteiger partial charge in [0.05, 0.1) is 12.7 Å². The average Bonchev–Trinajstić information content (AvgIpc) is 2.80. The van der Waals surface area contributed by atoms with Gasteiger partial charge in [0.15, 0.2) is 0 Å². The van der Waals surface area contributed by atoms with Gasteiger partial charge in [-0.25, -0.2) is 4.57 Å². The van der Waals surface area contributed by atoms with Gasteiger partial charge in [-0.1, -0.05) is 0 Å². The average molecular weight is 310 g/mol. The van der Waals surface area contributed by atoms with Crippen molar-refractivity contribution in [2.75, 3.05) is 0 Å². The van der Waals surface area contributed by atoms with Crippen LogP contribution in [0.2, 0.25) is 0 Å². The summed E-state index contributed by atoms with van der Waals surface area (Å²) in [7, 11) is 1.74. The first-order valence-electron chi connectivity index (χ1n) is 6.29. The molecule has 0 aliphatic rings. The van der Waals surface area contributed by atoms with Crippen LogP contribution in [-0.4, -0.2) is 15.7 Å². The summed E-state index contributed by atoms with van der Waals surface area (Å²) in [6.45, 7) is 0. The van der Waals surface area contributed by atoms with Crippen LogP contribution in [0.15, 0.2) is 47.7 Å². The van der Waals surface area contributed by atoms with Crippen molar-refractivity contribution < 1.29 is 22.5 Å². The fraction of sp³-hybridized carbons (Fsp3) is 0.143. The van der Waals surface area contributed by atoms with E-state index in [-0.39, 0.29) is 11.3 Å². The number of aromatic amines is 1. The van der Waals surface area contributed by atoms with E-state index in [2.05, 4.69) is 9.72 Å². The summed E-state index contributed by atoms with van der Waals surface area (Å²) in [4.78, 5) is 14.7. The number of rotatable bonds is 2. The lowest BCUT2D eigenvalue weighted by molar-refractivity contribution is -0.645. The number of aromatic nitrogens is 3. The number of benzene rings is 1. The Morgan fingerprint density at radius 2 is 1.91 bits per heavy atom. The van der Waals surface area contributed by atoms with Crippen molar-refractivity contribution in [2.24, 2.45) is 7.05 Å². The van der Waals surface area contributed by atoms with E-state index >= 15 is 0 Å². The van der Waals surface area contributed by atoms with Crippen molar-refractivity contribution >= 4 is 5.65 Å². The van der Waals surface area contributed by atoms with Gasteiger partial charge in [-0.2, -0.15) is 4.40 Å². The molecule has 0 saturated heterocycles. The molecule has 0 aliphatic carbocycles. The molecule has 0 amide bonds. The lowest BCUT2D eigenvalue weighted by Crippen LogP contribution is -2.32. The number of alkyl halides is 3. The fourth-order valence-corrected chi connectivity index (χ4v) is 2.21. The number of nitrogens with zero attached hydrogens (tertiary/aromatic N) is 2. The molecule has 114 valence electrons. The van der Waals surface area contributed by atoms with Crippen LogP contribution in [0.3, 0.4) is 0 Å². The predicted molar refractivity (Wildman–Crippen MR) is 71.3 cm³/mol. The van der Waals surface area contributed by atoms with Gasteiger partial charge < -0.3 is 9.72 Å². The Balaban J connectivity index is 1.99. The topological polar surface area (TPSA) is 50.4 Å². The van der Waals surface area contributed by atoms with Crippen LogP contribution in [0, 0.1) is 0 Å². The predicted octanol–water partition coefficient (Wildman–Crippen LogP) is 2.02. The van der Waals surface area contributed by atoms with E-state index in [9.17, 15) is 18.0 Å². The molecule has 2 aromatic heterocycles. The zero-order valence-electron chi connectivity index (χ0n) is 11.4. The van der Waals surface area contributed by atoms with E-state index in [1.165, 1.54) is 24.3 Å². The molecule has 0 bridgehead atoms. The van der Waals surface area contributed by atoms with Crippen LogP contribution < -0.4 is 14.9 Å². The second kappa shape index (κ2) is 4.90. The summed E-state index contributed by atoms with van der Waals surface area (Å²) in [5.74, 6) is -0.313. The molecule has 3 aromatic rings. The number of nitrogens with one attached hydrogen (secondary N) is 1. The van der Waals surface area contributed by atoms with Crippen LogP contribution in [0.1, 0.15) is 0 Å². The Labute approximate surface area is 122 Å². The van der Waals surface area contributed by atoms with E-state index in [0.717, 1.165) is 0 Å². The van der Waals surface area contributed by atoms with Gasteiger partial charge in [0.25, 0.3) is 0 Å². The second-order valence-corrected chi connectivity index (χ2v) is 4.71. The third kappa shape index (κ3) is 2.67. The maximum atomic E-state index is 12.1. The highest BCUT2D eigenvalue weighted by Crippen LogP contribution is 2.25. The highest BCUT2D eigenvalue weighted by Gasteiger charge is 2.31. The molecule has 3 rings (SSSR count). The largest absolute Gasteiger partial charge is 0.573 e. The van der Waals surface area contributed by atoms with E-state index in [1.54, 1.807) is 34.6 Å². The molecule has 2 heterocycles. The van der Waals surface area contributed by atoms with Crippen molar-refractivity contribution in [1.82, 2.24) is 9.38 Å². The van der Waals surface area contributed by atoms with Gasteiger partial charge in [0, 0.05) is 5.56 Å². The van der Waals surface area contributed by atoms with Gasteiger partial charge >= 0.3 is 17.6 Å². The van der Waals surface area contributed by atoms with Crippen molar-refractivity contribution in [2.45, 2.75) is 6.36 Å². The Morgan fingerprint density at radius 3 is 2.55 bits per heavy atom. The standard InChI is InChI=1S/C14H10F3N3O2/c1-19-6-7-20-8-11(18-12(21)13(19)20)9-2-4-10(5-3-9)22-14(15,16)17/h2-8H,1H3/p+1. The van der Waals surface area contributed by atoms with Crippen molar-refractivity contribution in [1.29, 1.82) is 0 Å². The maximum Gasteiger partial charge on any atom is 0.573 e. The number of fused-ring (bicyclic) bond motifs is 1. The Kier molecular flexibility index (Phi) is 3.16. The maximum absolute atomic E-state index is 12.1. The van der Waals surface area contributed by atoms with Gasteiger partial charge in [0.2, 0.25) is 0 Å². The fourth-order valence-electron chi connectivity index (χ4n) is 2.21. The van der Waals surface area contributed by atoms with E-state index in [1.807, 2.05) is 0 Å². The van der Waals surface area contributed by atoms with Crippen LogP contribution in [0.5, 0.6) is 5.75 Å². The number of imidazole rings is 1. The minimum atomic E-state index is -4.73. The Morgan fingerprint density at radius 1 is 1.23 bits per heavy atom. The molecule has 0 fully saturated rings. The lowest BCUT2D eigenvalue weighted by atomic mass is 10.1. The molecule has 0 saturated carbocycles. The number of aryl methyl sites for hydroxylation is 1. The lowest BCUT2D eigenvalue weighted by Gasteiger charge is -2.09. The number of hydrogen-bond acceptors (Lipinski definition) is 2. The zero-order chi connectivity index (χ0) is 15.9. The minimum absolute atomic E-state index is 0.291. The number of H-pyrrole nitrogens is 1. The molecule has 0 spiro atoms. The highest BCUT2D eigenvalue weighted by molar-refractivity contribution is 5.60. The first kappa shape index (κ1) is 14.2. The van der Waals surface area contributed by atoms with Crippen LogP contribution in [-0.2, 0) is 7.05 Å². The molecular weight excluding hydrogens is 299 g/mol. The SMILES string of the molecule is C[n+]1ccn2cc(-c3ccc(OC(F)(F)F)cc3)[nH]c(=O)c21. The summed E-state index contributed by atoms with van der Waals surface area (Å²) in [5.41, 5.74) is 1.23. The third-order valence-electron chi connectivity index (χ3n) is 3.15. The van der Waals surface area contributed by atoms with E-state index < -0.39 is 6.36 Å². The summed E-state index contributed by atoms with van der Waals surface area (Å²) in [5, 5.41) is 0. The molecule has 0 unspecified atom stereocenters. The van der Waals surface area contributed by atoms with Crippen molar-refractivity contribution in [3.05, 3.63) is 53.2 Å². The zero-order valence-corrected chi connectivity index (χ0v) is 11.4. The molecular formula is C14H11F3N3O2+. The monoisotopic (exact) mass is 310 g/mol. The number of hydrogen-bond donors (Lipinski definition) is 1. The molecule has 1 N–H and O–H groups in total. The molecule has 22 heavy (non-hydrogen) atoms. The van der Waals surface area contributed by atoms with Crippen molar-refractivity contribution in [3.63, 3.8) is 0 Å². The Hall–Kier alpha value is -2.77. The third-order valence-corrected chi connectivity index (χ3v) is 3.15. The van der Waals surface area contributed by atoms with Crippen molar-refractivity contribution in [3.8, 4) is 17.0 Å². The van der Waals surface area contributed by atoms with E-state index in [4.69, 9.17) is 0 Å². The normalized spacial score (nSPS) is 11.8. The molecule has 0 aliphatic heterocycles. The Bertz CT molecular complexity index is 879. The summed E-state index contributed by atoms with van der Waals surface area (Å²) < 4.78 is 43.5. The van der Waals surface area contributed by atoms with Gasteiger partial charge in [-0.05, 0) is 24.3 Å². The summed E-state index contributed by atoms with van der Waals surface area (Å²) >= 11 is 0. The van der Waals surface area contributed by atoms with Crippen LogP contribution in [0.4, 0.5) is 13.2 Å². The smallest absolute Gasteiger partial charge is 0.406 e. The summed E-state index contributed by atoms with van der Waals surface area (Å²) in [6, 6.07) is 5.28. The molecule has 8 heteroatoms. The van der Waals surface area contributed by atoms with Gasteiger partial charge in [-0.3, -0.25) is 4.79 Å². The van der Waals surface area contributed by atoms with Gasteiger partial charge in [0.1, 0.15) is 24.3 Å². The first-order chi connectivity index (χ1) is 10.3. The summed E-state index contributed by atoms with van der Waals surface area (Å²) in [6.07, 6.45) is 0.412. The first-order valence-corrected chi connectivity index (χ1v) is 6.29. The van der Waals surface area contributed by atoms with Crippen LogP contribution in [0.25, 0.3) is 16.9 Å².